The maximum Gasteiger partial charge on any atom is 0.250 e. The monoisotopic (exact) mass is 336 g/mol. The maximum atomic E-state index is 12.7. The molecule has 0 radical (unpaired) electrons. The number of hydrogen-bond donors (Lipinski definition) is 0. The molecule has 0 bridgehead atoms. The third-order valence-electron chi connectivity index (χ3n) is 5.28. The summed E-state index contributed by atoms with van der Waals surface area (Å²) in [5.74, 6) is 0.136. The minimum Gasteiger partial charge on any atom is -0.377 e. The van der Waals surface area contributed by atoms with Crippen molar-refractivity contribution in [2.24, 2.45) is 5.92 Å². The molecule has 0 unspecified atom stereocenters. The number of aryl methyl sites for hydroxylation is 1. The van der Waals surface area contributed by atoms with Crippen molar-refractivity contribution in [3.05, 3.63) is 21.9 Å². The zero-order chi connectivity index (χ0) is 15.8. The Hall–Kier alpha value is -0.950. The van der Waals surface area contributed by atoms with Crippen LogP contribution in [-0.4, -0.2) is 54.3 Å². The van der Waals surface area contributed by atoms with Gasteiger partial charge in [0.2, 0.25) is 0 Å². The first-order valence-electron chi connectivity index (χ1n) is 8.55. The molecule has 4 rings (SSSR count). The molecule has 1 aromatic heterocycles. The van der Waals surface area contributed by atoms with Crippen molar-refractivity contribution in [3.8, 4) is 0 Å². The van der Waals surface area contributed by atoms with E-state index < -0.39 is 0 Å². The molecule has 126 valence electrons. The van der Waals surface area contributed by atoms with Gasteiger partial charge in [-0.2, -0.15) is 0 Å². The van der Waals surface area contributed by atoms with E-state index in [4.69, 9.17) is 9.57 Å². The Morgan fingerprint density at radius 1 is 1.43 bits per heavy atom. The Bertz CT molecular complexity index is 570. The summed E-state index contributed by atoms with van der Waals surface area (Å²) in [5, 5.41) is 3.73. The molecule has 0 N–H and O–H groups in total. The van der Waals surface area contributed by atoms with Gasteiger partial charge in [-0.3, -0.25) is 14.5 Å². The number of piperidine rings is 1. The number of thiophene rings is 1. The van der Waals surface area contributed by atoms with Gasteiger partial charge in [-0.15, -0.1) is 11.3 Å². The molecule has 3 aliphatic heterocycles. The SMILES string of the molecule is Cc1ccsc1CN1C[C@@H](C(=O)N2CCCO2)C[C@@H]2OCC[C@@H]21. The van der Waals surface area contributed by atoms with Gasteiger partial charge in [0, 0.05) is 30.6 Å². The number of nitrogens with zero attached hydrogens (tertiary/aromatic N) is 2. The lowest BCUT2D eigenvalue weighted by Gasteiger charge is -2.40. The Morgan fingerprint density at radius 3 is 3.09 bits per heavy atom. The Morgan fingerprint density at radius 2 is 2.35 bits per heavy atom. The summed E-state index contributed by atoms with van der Waals surface area (Å²) in [6.45, 7) is 6.13. The van der Waals surface area contributed by atoms with Crippen LogP contribution in [0, 0.1) is 12.8 Å². The minimum absolute atomic E-state index is 0.00674. The highest BCUT2D eigenvalue weighted by molar-refractivity contribution is 7.10. The van der Waals surface area contributed by atoms with Crippen molar-refractivity contribution < 1.29 is 14.4 Å². The van der Waals surface area contributed by atoms with E-state index in [1.54, 1.807) is 5.06 Å². The number of ether oxygens (including phenoxy) is 1. The van der Waals surface area contributed by atoms with E-state index in [0.29, 0.717) is 12.6 Å². The van der Waals surface area contributed by atoms with E-state index in [9.17, 15) is 4.79 Å². The van der Waals surface area contributed by atoms with Crippen molar-refractivity contribution in [1.82, 2.24) is 9.96 Å². The summed E-state index contributed by atoms with van der Waals surface area (Å²) >= 11 is 1.81. The zero-order valence-corrected chi connectivity index (χ0v) is 14.4. The second kappa shape index (κ2) is 6.51. The van der Waals surface area contributed by atoms with Crippen LogP contribution in [0.25, 0.3) is 0 Å². The number of amides is 1. The molecule has 0 saturated carbocycles. The number of likely N-dealkylation sites (tertiary alicyclic amines) is 1. The van der Waals surface area contributed by atoms with Gasteiger partial charge in [0.05, 0.1) is 25.2 Å². The normalized spacial score (nSPS) is 31.5. The first-order chi connectivity index (χ1) is 11.2. The molecule has 1 aromatic rings. The first kappa shape index (κ1) is 15.6. The summed E-state index contributed by atoms with van der Waals surface area (Å²) < 4.78 is 5.93. The first-order valence-corrected chi connectivity index (χ1v) is 9.43. The van der Waals surface area contributed by atoms with Crippen LogP contribution in [0.5, 0.6) is 0 Å². The highest BCUT2D eigenvalue weighted by Gasteiger charge is 2.43. The maximum absolute atomic E-state index is 12.7. The molecular weight excluding hydrogens is 312 g/mol. The smallest absolute Gasteiger partial charge is 0.250 e. The predicted octanol–water partition coefficient (Wildman–Crippen LogP) is 2.20. The van der Waals surface area contributed by atoms with Crippen LogP contribution >= 0.6 is 11.3 Å². The number of carbonyl (C=O) groups excluding carboxylic acids is 1. The number of hydroxylamine groups is 2. The fourth-order valence-electron chi connectivity index (χ4n) is 3.99. The van der Waals surface area contributed by atoms with Crippen molar-refractivity contribution >= 4 is 17.2 Å². The Balaban J connectivity index is 1.50. The van der Waals surface area contributed by atoms with Crippen LogP contribution in [-0.2, 0) is 20.9 Å². The van der Waals surface area contributed by atoms with Crippen LogP contribution in [0.1, 0.15) is 29.7 Å². The molecule has 5 nitrogen and oxygen atoms in total. The Labute approximate surface area is 141 Å². The molecule has 6 heteroatoms. The minimum atomic E-state index is -0.00674. The lowest BCUT2D eigenvalue weighted by molar-refractivity contribution is -0.177. The molecule has 0 spiro atoms. The molecule has 3 saturated heterocycles. The van der Waals surface area contributed by atoms with Crippen LogP contribution < -0.4 is 0 Å². The van der Waals surface area contributed by atoms with Crippen LogP contribution in [0.3, 0.4) is 0 Å². The van der Waals surface area contributed by atoms with E-state index in [2.05, 4.69) is 23.3 Å². The lowest BCUT2D eigenvalue weighted by Crippen LogP contribution is -2.52. The molecule has 1 amide bonds. The molecule has 0 aliphatic carbocycles. The van der Waals surface area contributed by atoms with Gasteiger partial charge in [-0.1, -0.05) is 0 Å². The van der Waals surface area contributed by atoms with E-state index in [0.717, 1.165) is 45.5 Å². The molecule has 4 heterocycles. The lowest BCUT2D eigenvalue weighted by atomic mass is 9.89. The second-order valence-electron chi connectivity index (χ2n) is 6.78. The zero-order valence-electron chi connectivity index (χ0n) is 13.6. The fourth-order valence-corrected chi connectivity index (χ4v) is 4.92. The number of fused-ring (bicyclic) bond motifs is 1. The second-order valence-corrected chi connectivity index (χ2v) is 7.78. The van der Waals surface area contributed by atoms with Gasteiger partial charge in [0.1, 0.15) is 0 Å². The van der Waals surface area contributed by atoms with Gasteiger partial charge in [0.15, 0.2) is 0 Å². The third-order valence-corrected chi connectivity index (χ3v) is 6.29. The summed E-state index contributed by atoms with van der Waals surface area (Å²) in [5.41, 5.74) is 1.35. The predicted molar refractivity (Wildman–Crippen MR) is 88.0 cm³/mol. The van der Waals surface area contributed by atoms with Crippen LogP contribution in [0.2, 0.25) is 0 Å². The van der Waals surface area contributed by atoms with Crippen LogP contribution in [0.15, 0.2) is 11.4 Å². The van der Waals surface area contributed by atoms with Gasteiger partial charge in [-0.05, 0) is 43.2 Å². The van der Waals surface area contributed by atoms with Crippen molar-refractivity contribution in [3.63, 3.8) is 0 Å². The number of hydrogen-bond acceptors (Lipinski definition) is 5. The quantitative estimate of drug-likeness (QED) is 0.849. The third kappa shape index (κ3) is 3.05. The van der Waals surface area contributed by atoms with Crippen molar-refractivity contribution in [2.75, 3.05) is 26.3 Å². The van der Waals surface area contributed by atoms with Crippen LogP contribution in [0.4, 0.5) is 0 Å². The summed E-state index contributed by atoms with van der Waals surface area (Å²) in [6.07, 6.45) is 3.05. The summed E-state index contributed by atoms with van der Waals surface area (Å²) in [4.78, 5) is 22.1. The largest absolute Gasteiger partial charge is 0.377 e. The summed E-state index contributed by atoms with van der Waals surface area (Å²) in [6, 6.07) is 2.63. The number of rotatable bonds is 3. The van der Waals surface area contributed by atoms with E-state index >= 15 is 0 Å². The molecule has 3 fully saturated rings. The van der Waals surface area contributed by atoms with Gasteiger partial charge in [0.25, 0.3) is 5.91 Å². The highest BCUT2D eigenvalue weighted by Crippen LogP contribution is 2.34. The topological polar surface area (TPSA) is 42.0 Å². The highest BCUT2D eigenvalue weighted by atomic mass is 32.1. The molecule has 0 aromatic carbocycles. The van der Waals surface area contributed by atoms with E-state index in [1.807, 2.05) is 11.3 Å². The van der Waals surface area contributed by atoms with E-state index in [-0.39, 0.29) is 17.9 Å². The fraction of sp³-hybridized carbons (Fsp3) is 0.706. The standard InChI is InChI=1S/C17H24N2O3S/c1-12-4-8-23-16(12)11-18-10-13(9-15-14(18)3-7-21-15)17(20)19-5-2-6-22-19/h4,8,13-15H,2-3,5-7,9-11H2,1H3/t13-,14-,15-/m0/s1. The molecular formula is C17H24N2O3S. The Kier molecular flexibility index (Phi) is 4.41. The average Bonchev–Trinajstić information content (AvgIpc) is 3.28. The van der Waals surface area contributed by atoms with Crippen molar-refractivity contribution in [2.45, 2.75) is 44.9 Å². The van der Waals surface area contributed by atoms with E-state index in [1.165, 1.54) is 10.4 Å². The van der Waals surface area contributed by atoms with Gasteiger partial charge < -0.3 is 4.74 Å². The van der Waals surface area contributed by atoms with Crippen molar-refractivity contribution in [1.29, 1.82) is 0 Å². The molecule has 3 atom stereocenters. The average molecular weight is 336 g/mol. The summed E-state index contributed by atoms with van der Waals surface area (Å²) in [7, 11) is 0. The molecule has 3 aliphatic rings. The molecule has 23 heavy (non-hydrogen) atoms. The van der Waals surface area contributed by atoms with Gasteiger partial charge >= 0.3 is 0 Å². The van der Waals surface area contributed by atoms with Gasteiger partial charge in [-0.25, -0.2) is 5.06 Å². The number of carbonyl (C=O) groups is 1.